The second-order valence-corrected chi connectivity index (χ2v) is 7.12. The zero-order valence-corrected chi connectivity index (χ0v) is 15.7. The molecule has 0 saturated carbocycles. The third-order valence-corrected chi connectivity index (χ3v) is 5.16. The molecule has 4 heteroatoms. The lowest BCUT2D eigenvalue weighted by Gasteiger charge is -2.30. The molecule has 1 amide bonds. The predicted molar refractivity (Wildman–Crippen MR) is 103 cm³/mol. The van der Waals surface area contributed by atoms with E-state index in [0.717, 1.165) is 32.6 Å². The Bertz CT molecular complexity index is 492. The number of hydrogen-bond acceptors (Lipinski definition) is 3. The fraction of sp³-hybridized carbons (Fsp3) is 0.667. The molecule has 1 saturated heterocycles. The average molecular weight is 347 g/mol. The number of aliphatic hydroxyl groups excluding tert-OH is 1. The van der Waals surface area contributed by atoms with Crippen LogP contribution in [0.15, 0.2) is 30.3 Å². The van der Waals surface area contributed by atoms with E-state index < -0.39 is 0 Å². The van der Waals surface area contributed by atoms with E-state index in [0.29, 0.717) is 6.42 Å². The summed E-state index contributed by atoms with van der Waals surface area (Å²) < 4.78 is 0. The number of carbonyl (C=O) groups is 1. The summed E-state index contributed by atoms with van der Waals surface area (Å²) >= 11 is 0. The number of amides is 1. The van der Waals surface area contributed by atoms with Gasteiger partial charge in [0.15, 0.2) is 0 Å². The number of unbranched alkanes of at least 4 members (excludes halogenated alkanes) is 4. The van der Waals surface area contributed by atoms with Gasteiger partial charge in [-0.2, -0.15) is 0 Å². The molecule has 0 aliphatic carbocycles. The minimum atomic E-state index is -0.112. The molecule has 0 radical (unpaired) electrons. The molecule has 1 aromatic carbocycles. The summed E-state index contributed by atoms with van der Waals surface area (Å²) in [6.45, 7) is 5.86. The van der Waals surface area contributed by atoms with Gasteiger partial charge in [-0.15, -0.1) is 0 Å². The van der Waals surface area contributed by atoms with Gasteiger partial charge in [-0.3, -0.25) is 4.79 Å². The number of aliphatic hydroxyl groups is 1. The molecule has 0 bridgehead atoms. The zero-order valence-electron chi connectivity index (χ0n) is 15.7. The van der Waals surface area contributed by atoms with Gasteiger partial charge in [0, 0.05) is 26.1 Å². The van der Waals surface area contributed by atoms with Crippen LogP contribution in [0.5, 0.6) is 0 Å². The third-order valence-electron chi connectivity index (χ3n) is 5.16. The molecule has 4 nitrogen and oxygen atoms in total. The summed E-state index contributed by atoms with van der Waals surface area (Å²) in [5.74, 6) is 0.184. The van der Waals surface area contributed by atoms with Crippen LogP contribution in [0.25, 0.3) is 0 Å². The molecule has 25 heavy (non-hydrogen) atoms. The highest BCUT2D eigenvalue weighted by Gasteiger charge is 2.26. The first-order valence-corrected chi connectivity index (χ1v) is 9.91. The quantitative estimate of drug-likeness (QED) is 0.662. The van der Waals surface area contributed by atoms with Crippen LogP contribution < -0.4 is 0 Å². The minimum absolute atomic E-state index is 0.0254. The van der Waals surface area contributed by atoms with Crippen molar-refractivity contribution in [1.82, 2.24) is 9.80 Å². The summed E-state index contributed by atoms with van der Waals surface area (Å²) in [5.41, 5.74) is 1.17. The van der Waals surface area contributed by atoms with E-state index in [9.17, 15) is 9.90 Å². The number of benzene rings is 1. The summed E-state index contributed by atoms with van der Waals surface area (Å²) in [4.78, 5) is 16.9. The Balaban J connectivity index is 1.83. The van der Waals surface area contributed by atoms with Gasteiger partial charge in [-0.1, -0.05) is 62.9 Å². The van der Waals surface area contributed by atoms with Crippen LogP contribution >= 0.6 is 0 Å². The third kappa shape index (κ3) is 6.79. The molecule has 1 heterocycles. The second-order valence-electron chi connectivity index (χ2n) is 7.12. The van der Waals surface area contributed by atoms with E-state index in [-0.39, 0.29) is 18.6 Å². The molecular weight excluding hydrogens is 312 g/mol. The summed E-state index contributed by atoms with van der Waals surface area (Å²) in [6, 6.07) is 10.0. The predicted octanol–water partition coefficient (Wildman–Crippen LogP) is 3.09. The zero-order chi connectivity index (χ0) is 17.9. The van der Waals surface area contributed by atoms with Gasteiger partial charge >= 0.3 is 0 Å². The molecule has 0 spiro atoms. The number of rotatable bonds is 10. The van der Waals surface area contributed by atoms with Gasteiger partial charge < -0.3 is 14.9 Å². The molecule has 1 aliphatic heterocycles. The van der Waals surface area contributed by atoms with Crippen LogP contribution in [0, 0.1) is 0 Å². The van der Waals surface area contributed by atoms with Crippen LogP contribution in [0.3, 0.4) is 0 Å². The van der Waals surface area contributed by atoms with Crippen molar-refractivity contribution >= 4 is 5.91 Å². The number of hydrogen-bond donors (Lipinski definition) is 1. The Morgan fingerprint density at radius 2 is 1.80 bits per heavy atom. The lowest BCUT2D eigenvalue weighted by atomic mass is 10.0. The molecule has 1 atom stereocenters. The van der Waals surface area contributed by atoms with Crippen molar-refractivity contribution in [2.45, 2.75) is 57.9 Å². The molecule has 1 fully saturated rings. The maximum Gasteiger partial charge on any atom is 0.224 e. The summed E-state index contributed by atoms with van der Waals surface area (Å²) in [6.07, 6.45) is 7.72. The van der Waals surface area contributed by atoms with Gasteiger partial charge in [0.05, 0.1) is 12.6 Å². The van der Waals surface area contributed by atoms with E-state index in [1.807, 2.05) is 23.1 Å². The Hall–Kier alpha value is -1.39. The lowest BCUT2D eigenvalue weighted by Crippen LogP contribution is -2.44. The molecule has 1 N–H and O–H groups in total. The largest absolute Gasteiger partial charge is 0.394 e. The average Bonchev–Trinajstić information content (AvgIpc) is 2.82. The van der Waals surface area contributed by atoms with Gasteiger partial charge in [0.2, 0.25) is 5.91 Å². The van der Waals surface area contributed by atoms with Gasteiger partial charge in [-0.05, 0) is 24.9 Å². The molecule has 140 valence electrons. The van der Waals surface area contributed by atoms with Gasteiger partial charge in [-0.25, -0.2) is 0 Å². The Kier molecular flexibility index (Phi) is 8.98. The first-order chi connectivity index (χ1) is 12.2. The highest BCUT2D eigenvalue weighted by molar-refractivity contribution is 5.77. The standard InChI is InChI=1S/C21H34N2O2/c1-2-3-4-5-9-13-22-14-12-21(25)23(16-15-22)20(18-24)17-19-10-7-6-8-11-19/h6-8,10-11,20,24H,2-5,9,12-18H2,1H3/t20-/m0/s1. The van der Waals surface area contributed by atoms with Crippen LogP contribution in [0.2, 0.25) is 0 Å². The topological polar surface area (TPSA) is 43.8 Å². The molecule has 0 unspecified atom stereocenters. The van der Waals surface area contributed by atoms with Gasteiger partial charge in [0.25, 0.3) is 0 Å². The van der Waals surface area contributed by atoms with Crippen LogP contribution in [-0.2, 0) is 11.2 Å². The van der Waals surface area contributed by atoms with Crippen LogP contribution in [-0.4, -0.2) is 59.6 Å². The molecule has 0 aromatic heterocycles. The first-order valence-electron chi connectivity index (χ1n) is 9.91. The summed E-state index contributed by atoms with van der Waals surface area (Å²) in [7, 11) is 0. The minimum Gasteiger partial charge on any atom is -0.394 e. The molecular formula is C21H34N2O2. The van der Waals surface area contributed by atoms with Crippen molar-refractivity contribution in [2.24, 2.45) is 0 Å². The normalized spacial score (nSPS) is 17.5. The first kappa shape index (κ1) is 19.9. The van der Waals surface area contributed by atoms with Gasteiger partial charge in [0.1, 0.15) is 0 Å². The monoisotopic (exact) mass is 346 g/mol. The van der Waals surface area contributed by atoms with Crippen molar-refractivity contribution in [3.63, 3.8) is 0 Å². The van der Waals surface area contributed by atoms with Crippen molar-refractivity contribution in [3.8, 4) is 0 Å². The maximum atomic E-state index is 12.6. The molecule has 1 aromatic rings. The fourth-order valence-electron chi connectivity index (χ4n) is 3.59. The molecule has 1 aliphatic rings. The smallest absolute Gasteiger partial charge is 0.224 e. The maximum absolute atomic E-state index is 12.6. The second kappa shape index (κ2) is 11.3. The van der Waals surface area contributed by atoms with Crippen molar-refractivity contribution < 1.29 is 9.90 Å². The highest BCUT2D eigenvalue weighted by atomic mass is 16.3. The van der Waals surface area contributed by atoms with Crippen molar-refractivity contribution in [3.05, 3.63) is 35.9 Å². The highest BCUT2D eigenvalue weighted by Crippen LogP contribution is 2.14. The summed E-state index contributed by atoms with van der Waals surface area (Å²) in [5, 5.41) is 9.83. The SMILES string of the molecule is CCCCCCCN1CCC(=O)N([C@H](CO)Cc2ccccc2)CC1. The number of nitrogens with zero attached hydrogens (tertiary/aromatic N) is 2. The van der Waals surface area contributed by atoms with E-state index in [1.54, 1.807) is 0 Å². The molecule has 2 rings (SSSR count). The van der Waals surface area contributed by atoms with Crippen LogP contribution in [0.1, 0.15) is 51.0 Å². The van der Waals surface area contributed by atoms with Crippen molar-refractivity contribution in [2.75, 3.05) is 32.8 Å². The Morgan fingerprint density at radius 1 is 1.04 bits per heavy atom. The van der Waals surface area contributed by atoms with Crippen LogP contribution in [0.4, 0.5) is 0 Å². The Morgan fingerprint density at radius 3 is 2.52 bits per heavy atom. The fourth-order valence-corrected chi connectivity index (χ4v) is 3.59. The van der Waals surface area contributed by atoms with E-state index >= 15 is 0 Å². The lowest BCUT2D eigenvalue weighted by molar-refractivity contribution is -0.133. The number of carbonyl (C=O) groups excluding carboxylic acids is 1. The van der Waals surface area contributed by atoms with E-state index in [2.05, 4.69) is 24.0 Å². The van der Waals surface area contributed by atoms with E-state index in [4.69, 9.17) is 0 Å². The van der Waals surface area contributed by atoms with E-state index in [1.165, 1.54) is 37.7 Å². The Labute approximate surface area is 152 Å². The van der Waals surface area contributed by atoms with Crippen molar-refractivity contribution in [1.29, 1.82) is 0 Å².